The monoisotopic (exact) mass is 296 g/mol. The molecule has 0 bridgehead atoms. The van der Waals surface area contributed by atoms with Gasteiger partial charge in [0.1, 0.15) is 11.3 Å². The fraction of sp³-hybridized carbons (Fsp3) is 0.412. The molecule has 1 aliphatic carbocycles. The van der Waals surface area contributed by atoms with E-state index in [4.69, 9.17) is 10.7 Å². The number of imidazole rings is 1. The summed E-state index contributed by atoms with van der Waals surface area (Å²) in [5, 5.41) is 10.9. The Morgan fingerprint density at radius 2 is 2.09 bits per heavy atom. The zero-order valence-corrected chi connectivity index (χ0v) is 12.7. The highest BCUT2D eigenvalue weighted by Gasteiger charge is 2.26. The number of rotatable bonds is 4. The molecule has 0 saturated heterocycles. The standard InChI is InChI=1S/C17H20N4O/c1-10(22)9-21-14(8-11-6-7-11)20-15-16(21)12-4-2-3-5-13(12)19-17(15)18/h2-5,10-11,22H,6-9H2,1H3,(H2,18,19). The molecule has 1 aliphatic rings. The van der Waals surface area contributed by atoms with E-state index in [-0.39, 0.29) is 0 Å². The highest BCUT2D eigenvalue weighted by atomic mass is 16.3. The maximum absolute atomic E-state index is 9.90. The molecule has 0 aliphatic heterocycles. The van der Waals surface area contributed by atoms with Crippen molar-refractivity contribution in [2.45, 2.75) is 38.8 Å². The molecule has 22 heavy (non-hydrogen) atoms. The third-order valence-electron chi connectivity index (χ3n) is 4.30. The molecule has 1 atom stereocenters. The number of nitrogens with zero attached hydrogens (tertiary/aromatic N) is 3. The minimum atomic E-state index is -0.427. The third kappa shape index (κ3) is 2.22. The largest absolute Gasteiger partial charge is 0.392 e. The number of para-hydroxylation sites is 1. The van der Waals surface area contributed by atoms with Crippen LogP contribution < -0.4 is 5.73 Å². The van der Waals surface area contributed by atoms with Gasteiger partial charge in [-0.2, -0.15) is 0 Å². The van der Waals surface area contributed by atoms with Crippen molar-refractivity contribution in [3.63, 3.8) is 0 Å². The van der Waals surface area contributed by atoms with Gasteiger partial charge >= 0.3 is 0 Å². The Bertz CT molecular complexity index is 849. The molecule has 3 N–H and O–H groups in total. The maximum atomic E-state index is 9.90. The van der Waals surface area contributed by atoms with Crippen LogP contribution in [0.3, 0.4) is 0 Å². The fourth-order valence-electron chi connectivity index (χ4n) is 3.10. The van der Waals surface area contributed by atoms with Gasteiger partial charge in [0, 0.05) is 11.8 Å². The van der Waals surface area contributed by atoms with Crippen LogP contribution in [0.1, 0.15) is 25.6 Å². The van der Waals surface area contributed by atoms with E-state index in [9.17, 15) is 5.11 Å². The van der Waals surface area contributed by atoms with Crippen molar-refractivity contribution >= 4 is 27.8 Å². The number of benzene rings is 1. The van der Waals surface area contributed by atoms with Crippen LogP contribution >= 0.6 is 0 Å². The number of nitrogens with two attached hydrogens (primary N) is 1. The maximum Gasteiger partial charge on any atom is 0.152 e. The summed E-state index contributed by atoms with van der Waals surface area (Å²) in [4.78, 5) is 9.23. The summed E-state index contributed by atoms with van der Waals surface area (Å²) in [5.74, 6) is 2.21. The van der Waals surface area contributed by atoms with Gasteiger partial charge in [0.2, 0.25) is 0 Å². The van der Waals surface area contributed by atoms with E-state index in [0.717, 1.165) is 40.1 Å². The first-order chi connectivity index (χ1) is 10.6. The first-order valence-corrected chi connectivity index (χ1v) is 7.85. The van der Waals surface area contributed by atoms with Crippen molar-refractivity contribution in [3.8, 4) is 0 Å². The van der Waals surface area contributed by atoms with Gasteiger partial charge in [-0.25, -0.2) is 9.97 Å². The highest BCUT2D eigenvalue weighted by molar-refractivity contribution is 6.06. The topological polar surface area (TPSA) is 77.0 Å². The zero-order valence-electron chi connectivity index (χ0n) is 12.7. The number of aromatic nitrogens is 3. The van der Waals surface area contributed by atoms with Crippen LogP contribution in [-0.2, 0) is 13.0 Å². The fourth-order valence-corrected chi connectivity index (χ4v) is 3.10. The van der Waals surface area contributed by atoms with E-state index in [0.29, 0.717) is 12.4 Å². The highest BCUT2D eigenvalue weighted by Crippen LogP contribution is 2.35. The molecule has 2 heterocycles. The Hall–Kier alpha value is -2.14. The second-order valence-corrected chi connectivity index (χ2v) is 6.35. The lowest BCUT2D eigenvalue weighted by Crippen LogP contribution is -2.15. The van der Waals surface area contributed by atoms with Gasteiger partial charge in [0.05, 0.1) is 23.7 Å². The van der Waals surface area contributed by atoms with Crippen molar-refractivity contribution in [3.05, 3.63) is 30.1 Å². The molecule has 1 unspecified atom stereocenters. The molecule has 0 amide bonds. The minimum absolute atomic E-state index is 0.427. The van der Waals surface area contributed by atoms with E-state index in [1.54, 1.807) is 6.92 Å². The molecule has 4 rings (SSSR count). The molecule has 5 heteroatoms. The van der Waals surface area contributed by atoms with Gasteiger partial charge in [-0.1, -0.05) is 18.2 Å². The summed E-state index contributed by atoms with van der Waals surface area (Å²) in [6.07, 6.45) is 3.07. The average molecular weight is 296 g/mol. The smallest absolute Gasteiger partial charge is 0.152 e. The van der Waals surface area contributed by atoms with Crippen LogP contribution in [-0.4, -0.2) is 25.7 Å². The first-order valence-electron chi connectivity index (χ1n) is 7.85. The molecule has 0 spiro atoms. The number of nitrogen functional groups attached to an aromatic ring is 1. The van der Waals surface area contributed by atoms with E-state index in [2.05, 4.69) is 9.55 Å². The van der Waals surface area contributed by atoms with Gasteiger partial charge in [0.15, 0.2) is 5.82 Å². The molecule has 114 valence electrons. The van der Waals surface area contributed by atoms with E-state index in [1.165, 1.54) is 12.8 Å². The molecular weight excluding hydrogens is 276 g/mol. The summed E-state index contributed by atoms with van der Waals surface area (Å²) in [5.41, 5.74) is 8.76. The molecule has 0 radical (unpaired) electrons. The number of fused-ring (bicyclic) bond motifs is 3. The molecule has 1 aromatic carbocycles. The van der Waals surface area contributed by atoms with Gasteiger partial charge in [-0.15, -0.1) is 0 Å². The van der Waals surface area contributed by atoms with Gasteiger partial charge < -0.3 is 15.4 Å². The molecule has 5 nitrogen and oxygen atoms in total. The van der Waals surface area contributed by atoms with Crippen LogP contribution in [0.25, 0.3) is 21.9 Å². The zero-order chi connectivity index (χ0) is 15.3. The number of aliphatic hydroxyl groups excluding tert-OH is 1. The lowest BCUT2D eigenvalue weighted by atomic mass is 10.2. The molecule has 2 aromatic heterocycles. The first kappa shape index (κ1) is 13.5. The van der Waals surface area contributed by atoms with E-state index < -0.39 is 6.10 Å². The lowest BCUT2D eigenvalue weighted by molar-refractivity contribution is 0.173. The van der Waals surface area contributed by atoms with E-state index in [1.807, 2.05) is 24.3 Å². The normalized spacial score (nSPS) is 16.5. The van der Waals surface area contributed by atoms with Crippen molar-refractivity contribution < 1.29 is 5.11 Å². The number of hydrogen-bond donors (Lipinski definition) is 2. The van der Waals surface area contributed by atoms with Crippen LogP contribution in [0.4, 0.5) is 5.82 Å². The molecule has 1 saturated carbocycles. The van der Waals surface area contributed by atoms with Crippen LogP contribution in [0.15, 0.2) is 24.3 Å². The van der Waals surface area contributed by atoms with Crippen molar-refractivity contribution in [1.82, 2.24) is 14.5 Å². The Morgan fingerprint density at radius 1 is 1.32 bits per heavy atom. The molecule has 3 aromatic rings. The minimum Gasteiger partial charge on any atom is -0.392 e. The predicted octanol–water partition coefficient (Wildman–Crippen LogP) is 2.50. The summed E-state index contributed by atoms with van der Waals surface area (Å²) in [7, 11) is 0. The summed E-state index contributed by atoms with van der Waals surface area (Å²) in [6.45, 7) is 2.34. The van der Waals surface area contributed by atoms with Crippen LogP contribution in [0.2, 0.25) is 0 Å². The molecule has 1 fully saturated rings. The number of aliphatic hydroxyl groups is 1. The van der Waals surface area contributed by atoms with E-state index >= 15 is 0 Å². The Morgan fingerprint density at radius 3 is 2.82 bits per heavy atom. The number of hydrogen-bond acceptors (Lipinski definition) is 4. The summed E-state index contributed by atoms with van der Waals surface area (Å²) in [6, 6.07) is 7.97. The quantitative estimate of drug-likeness (QED) is 0.775. The molecular formula is C17H20N4O. The van der Waals surface area contributed by atoms with Gasteiger partial charge in [-0.05, 0) is 31.7 Å². The summed E-state index contributed by atoms with van der Waals surface area (Å²) >= 11 is 0. The van der Waals surface area contributed by atoms with Crippen molar-refractivity contribution in [2.75, 3.05) is 5.73 Å². The number of pyridine rings is 1. The SMILES string of the molecule is CC(O)Cn1c(CC2CC2)nc2c(N)nc3ccccc3c21. The second kappa shape index (κ2) is 4.95. The van der Waals surface area contributed by atoms with Crippen LogP contribution in [0.5, 0.6) is 0 Å². The van der Waals surface area contributed by atoms with Crippen molar-refractivity contribution in [1.29, 1.82) is 0 Å². The number of anilines is 1. The average Bonchev–Trinajstić information content (AvgIpc) is 3.22. The summed E-state index contributed by atoms with van der Waals surface area (Å²) < 4.78 is 2.14. The van der Waals surface area contributed by atoms with Crippen LogP contribution in [0, 0.1) is 5.92 Å². The van der Waals surface area contributed by atoms with Gasteiger partial charge in [0.25, 0.3) is 0 Å². The second-order valence-electron chi connectivity index (χ2n) is 6.35. The predicted molar refractivity (Wildman–Crippen MR) is 87.6 cm³/mol. The Labute approximate surface area is 128 Å². The third-order valence-corrected chi connectivity index (χ3v) is 4.30. The van der Waals surface area contributed by atoms with Crippen molar-refractivity contribution in [2.24, 2.45) is 5.92 Å². The lowest BCUT2D eigenvalue weighted by Gasteiger charge is -2.12. The Kier molecular flexibility index (Phi) is 3.04. The van der Waals surface area contributed by atoms with Gasteiger partial charge in [-0.3, -0.25) is 0 Å². The Balaban J connectivity index is 2.02.